The number of nitrogen functional groups attached to an aromatic ring is 1. The summed E-state index contributed by atoms with van der Waals surface area (Å²) in [4.78, 5) is 32.6. The molecule has 0 aromatic carbocycles. The molecule has 0 radical (unpaired) electrons. The molecule has 0 bridgehead atoms. The first-order valence-corrected chi connectivity index (χ1v) is 9.08. The first-order chi connectivity index (χ1) is 12.4. The van der Waals surface area contributed by atoms with E-state index in [0.717, 1.165) is 0 Å². The number of rotatable bonds is 6. The van der Waals surface area contributed by atoms with Crippen molar-refractivity contribution in [3.8, 4) is 0 Å². The van der Waals surface area contributed by atoms with Gasteiger partial charge in [-0.05, 0) is 12.0 Å². The Labute approximate surface area is 147 Å². The van der Waals surface area contributed by atoms with Crippen LogP contribution in [0, 0.1) is 0 Å². The van der Waals surface area contributed by atoms with Gasteiger partial charge in [0.15, 0.2) is 11.9 Å². The summed E-state index contributed by atoms with van der Waals surface area (Å²) in [6.45, 7) is 1.84. The van der Waals surface area contributed by atoms with Gasteiger partial charge in [-0.15, -0.1) is 0 Å². The predicted octanol–water partition coefficient (Wildman–Crippen LogP) is -1.35. The lowest BCUT2D eigenvalue weighted by molar-refractivity contribution is -0.332. The van der Waals surface area contributed by atoms with E-state index in [1.807, 2.05) is 6.92 Å². The highest BCUT2D eigenvalue weighted by Gasteiger charge is 2.46. The number of ether oxygens (including phenoxy) is 1. The van der Waals surface area contributed by atoms with Gasteiger partial charge in [0.25, 0.3) is 5.56 Å². The molecule has 13 heteroatoms. The minimum absolute atomic E-state index is 0.109. The van der Waals surface area contributed by atoms with Crippen molar-refractivity contribution in [3.05, 3.63) is 22.1 Å². The van der Waals surface area contributed by atoms with E-state index in [2.05, 4.69) is 14.6 Å². The highest BCUT2D eigenvalue weighted by atomic mass is 31.2. The van der Waals surface area contributed by atoms with Crippen molar-refractivity contribution in [2.75, 3.05) is 12.1 Å². The molecular weight excluding hydrogens is 371 g/mol. The number of nitrogens with one attached hydrogen (secondary N) is 1. The van der Waals surface area contributed by atoms with Crippen molar-refractivity contribution in [3.63, 3.8) is 0 Å². The van der Waals surface area contributed by atoms with E-state index < -0.39 is 45.0 Å². The van der Waals surface area contributed by atoms with E-state index in [1.165, 1.54) is 4.57 Å². The normalized spacial score (nSPS) is 27.3. The number of aromatic amines is 1. The summed E-state index contributed by atoms with van der Waals surface area (Å²) in [5, 5.41) is 29.4. The molecule has 3 rings (SSSR count). The molecule has 0 saturated carbocycles. The number of nitrogens with two attached hydrogens (primary N) is 1. The summed E-state index contributed by atoms with van der Waals surface area (Å²) in [5.74, 6) is -0.109. The Morgan fingerprint density at radius 2 is 2.19 bits per heavy atom. The van der Waals surface area contributed by atoms with Crippen LogP contribution in [0.3, 0.4) is 0 Å². The molecule has 144 valence electrons. The van der Waals surface area contributed by atoms with E-state index in [4.69, 9.17) is 20.5 Å². The lowest BCUT2D eigenvalue weighted by Gasteiger charge is -2.17. The Hall–Kier alpha value is -1.63. The summed E-state index contributed by atoms with van der Waals surface area (Å²) >= 11 is 0. The number of anilines is 1. The molecule has 26 heavy (non-hydrogen) atoms. The van der Waals surface area contributed by atoms with Crippen molar-refractivity contribution in [2.45, 2.75) is 38.1 Å². The Morgan fingerprint density at radius 1 is 1.46 bits per heavy atom. The molecular formula is C13H19N4O8P. The quantitative estimate of drug-likeness (QED) is 0.196. The minimum Gasteiger partial charge on any atom is -0.387 e. The first kappa shape index (κ1) is 19.1. The maximum Gasteiger partial charge on any atom is 0.262 e. The predicted molar refractivity (Wildman–Crippen MR) is 88.5 cm³/mol. The van der Waals surface area contributed by atoms with Gasteiger partial charge in [0.05, 0.1) is 5.39 Å². The van der Waals surface area contributed by atoms with E-state index in [0.29, 0.717) is 17.4 Å². The lowest BCUT2D eigenvalue weighted by Crippen LogP contribution is -2.32. The molecule has 1 fully saturated rings. The molecule has 1 aliphatic rings. The van der Waals surface area contributed by atoms with Crippen molar-refractivity contribution < 1.29 is 34.5 Å². The summed E-state index contributed by atoms with van der Waals surface area (Å²) < 4.78 is 11.3. The zero-order valence-corrected chi connectivity index (χ0v) is 14.5. The molecule has 2 unspecified atom stereocenters. The number of aromatic nitrogens is 3. The monoisotopic (exact) mass is 390 g/mol. The molecule has 3 heterocycles. The van der Waals surface area contributed by atoms with E-state index in [1.54, 1.807) is 6.20 Å². The molecule has 2 aromatic heterocycles. The van der Waals surface area contributed by atoms with Gasteiger partial charge in [0.2, 0.25) is 20.6 Å². The van der Waals surface area contributed by atoms with Crippen LogP contribution < -0.4 is 11.3 Å². The Kier molecular flexibility index (Phi) is 5.55. The van der Waals surface area contributed by atoms with Gasteiger partial charge < -0.3 is 35.3 Å². The van der Waals surface area contributed by atoms with E-state index in [-0.39, 0.29) is 11.6 Å². The number of hydrogen-bond donors (Lipinski definition) is 6. The van der Waals surface area contributed by atoms with Crippen LogP contribution in [0.15, 0.2) is 11.0 Å². The maximum absolute atomic E-state index is 12.2. The summed E-state index contributed by atoms with van der Waals surface area (Å²) in [6.07, 6.45) is -4.11. The third-order valence-electron chi connectivity index (χ3n) is 3.97. The lowest BCUT2D eigenvalue weighted by atomic mass is 10.2. The third kappa shape index (κ3) is 3.33. The Morgan fingerprint density at radius 3 is 2.85 bits per heavy atom. The molecule has 1 saturated heterocycles. The highest BCUT2D eigenvalue weighted by molar-refractivity contribution is 7.45. The molecule has 12 nitrogen and oxygen atoms in total. The molecule has 0 aliphatic carbocycles. The van der Waals surface area contributed by atoms with Crippen LogP contribution in [0.2, 0.25) is 0 Å². The van der Waals surface area contributed by atoms with Crippen LogP contribution >= 0.6 is 8.38 Å². The van der Waals surface area contributed by atoms with Gasteiger partial charge in [0, 0.05) is 6.20 Å². The SMILES string of the molecule is CCc1cn([C@@H]2O[C@H](OOP(O)CO)[C@H](O)C2O)c2nc(N)[nH]c(=O)c12. The van der Waals surface area contributed by atoms with Gasteiger partial charge in [-0.2, -0.15) is 14.5 Å². The fraction of sp³-hybridized carbons (Fsp3) is 0.538. The largest absolute Gasteiger partial charge is 0.387 e. The van der Waals surface area contributed by atoms with Gasteiger partial charge in [0.1, 0.15) is 18.6 Å². The second-order valence-electron chi connectivity index (χ2n) is 5.61. The Balaban J connectivity index is 1.95. The fourth-order valence-corrected chi connectivity index (χ4v) is 2.99. The molecule has 5 atom stereocenters. The minimum atomic E-state index is -2.25. The zero-order chi connectivity index (χ0) is 19.0. The number of aliphatic hydroxyl groups excluding tert-OH is 3. The van der Waals surface area contributed by atoms with E-state index in [9.17, 15) is 19.9 Å². The molecule has 7 N–H and O–H groups in total. The first-order valence-electron chi connectivity index (χ1n) is 7.68. The van der Waals surface area contributed by atoms with E-state index >= 15 is 0 Å². The maximum atomic E-state index is 12.2. The van der Waals surface area contributed by atoms with Crippen molar-refractivity contribution in [2.24, 2.45) is 0 Å². The van der Waals surface area contributed by atoms with Crippen LogP contribution in [-0.2, 0) is 20.7 Å². The number of hydrogen-bond acceptors (Lipinski definition) is 10. The standard InChI is InChI=1S/C13H19N4O8P/c1-2-5-3-17(9-6(5)10(21)16-13(14)15-9)11-7(19)8(20)12(23-11)24-25-26(22)4-18/h3,7-8,11-12,18-20,22H,2,4H2,1H3,(H3,14,15,16,21)/t7?,8-,11-,12-,26?/m1/s1. The molecule has 0 amide bonds. The topological polar surface area (TPSA) is 185 Å². The molecule has 2 aromatic rings. The van der Waals surface area contributed by atoms with Gasteiger partial charge in [-0.1, -0.05) is 6.92 Å². The number of nitrogens with zero attached hydrogens (tertiary/aromatic N) is 2. The number of aliphatic hydroxyl groups is 3. The van der Waals surface area contributed by atoms with Gasteiger partial charge in [-0.3, -0.25) is 9.78 Å². The average molecular weight is 390 g/mol. The van der Waals surface area contributed by atoms with Crippen molar-refractivity contribution in [1.29, 1.82) is 0 Å². The smallest absolute Gasteiger partial charge is 0.262 e. The summed E-state index contributed by atoms with van der Waals surface area (Å²) in [7, 11) is -2.25. The zero-order valence-electron chi connectivity index (χ0n) is 13.6. The fourth-order valence-electron chi connectivity index (χ4n) is 2.76. The van der Waals surface area contributed by atoms with Crippen LogP contribution in [0.5, 0.6) is 0 Å². The third-order valence-corrected chi connectivity index (χ3v) is 4.47. The van der Waals surface area contributed by atoms with Gasteiger partial charge >= 0.3 is 0 Å². The van der Waals surface area contributed by atoms with Crippen LogP contribution in [0.1, 0.15) is 18.7 Å². The van der Waals surface area contributed by atoms with Crippen LogP contribution in [0.4, 0.5) is 5.95 Å². The van der Waals surface area contributed by atoms with Crippen LogP contribution in [0.25, 0.3) is 11.0 Å². The molecule has 0 spiro atoms. The van der Waals surface area contributed by atoms with Gasteiger partial charge in [-0.25, -0.2) is 0 Å². The number of H-pyrrole nitrogens is 1. The Bertz CT molecular complexity index is 841. The second kappa shape index (κ2) is 7.55. The number of fused-ring (bicyclic) bond motifs is 1. The molecule has 1 aliphatic heterocycles. The average Bonchev–Trinajstić information content (AvgIpc) is 3.11. The highest BCUT2D eigenvalue weighted by Crippen LogP contribution is 2.36. The van der Waals surface area contributed by atoms with Crippen molar-refractivity contribution in [1.82, 2.24) is 14.5 Å². The summed E-state index contributed by atoms with van der Waals surface area (Å²) in [5.41, 5.74) is 6.01. The van der Waals surface area contributed by atoms with Crippen molar-refractivity contribution >= 4 is 25.4 Å². The van der Waals surface area contributed by atoms with Crippen LogP contribution in [-0.4, -0.2) is 59.6 Å². The summed E-state index contributed by atoms with van der Waals surface area (Å²) in [6, 6.07) is 0. The number of aryl methyl sites for hydroxylation is 1. The second-order valence-corrected chi connectivity index (χ2v) is 6.74.